The van der Waals surface area contributed by atoms with Crippen molar-refractivity contribution in [2.75, 3.05) is 19.8 Å². The van der Waals surface area contributed by atoms with Gasteiger partial charge < -0.3 is 25.2 Å². The molecule has 0 aromatic heterocycles. The van der Waals surface area contributed by atoms with Crippen molar-refractivity contribution in [1.82, 2.24) is 5.32 Å². The van der Waals surface area contributed by atoms with Crippen LogP contribution in [0, 0.1) is 0 Å². The molecule has 4 N–H and O–H groups in total. The van der Waals surface area contributed by atoms with Crippen LogP contribution in [-0.2, 0) is 32.7 Å². The van der Waals surface area contributed by atoms with Crippen LogP contribution < -0.4 is 5.32 Å². The number of rotatable bonds is 21. The van der Waals surface area contributed by atoms with Crippen molar-refractivity contribution in [3.63, 3.8) is 0 Å². The summed E-state index contributed by atoms with van der Waals surface area (Å²) in [5, 5.41) is 21.0. The lowest BCUT2D eigenvalue weighted by atomic mass is 10.1. The summed E-state index contributed by atoms with van der Waals surface area (Å²) in [5.41, 5.74) is 0. The Hall–Kier alpha value is -2.30. The predicted octanol–water partition coefficient (Wildman–Crippen LogP) is 3.42. The molecular formula is C24H40NO10P. The van der Waals surface area contributed by atoms with Crippen molar-refractivity contribution in [3.05, 3.63) is 36.5 Å². The van der Waals surface area contributed by atoms with Crippen molar-refractivity contribution in [1.29, 1.82) is 0 Å². The minimum atomic E-state index is -4.71. The van der Waals surface area contributed by atoms with E-state index in [2.05, 4.69) is 62.5 Å². The lowest BCUT2D eigenvalue weighted by Crippen LogP contribution is -2.43. The molecular weight excluding hydrogens is 493 g/mol. The van der Waals surface area contributed by atoms with Crippen LogP contribution in [0.25, 0.3) is 0 Å². The van der Waals surface area contributed by atoms with Gasteiger partial charge in [-0.15, -0.1) is 0 Å². The number of carbonyl (C=O) groups excluding carboxylic acids is 2. The van der Waals surface area contributed by atoms with Crippen LogP contribution >= 0.6 is 7.82 Å². The fourth-order valence-corrected chi connectivity index (χ4v) is 3.41. The quantitative estimate of drug-likeness (QED) is 0.0742. The number of carbonyl (C=O) groups is 3. The van der Waals surface area contributed by atoms with Crippen LogP contribution in [0.4, 0.5) is 0 Å². The third-order valence-electron chi connectivity index (χ3n) is 4.50. The minimum absolute atomic E-state index is 0.108. The Bertz CT molecular complexity index is 781. The normalized spacial score (nSPS) is 15.2. The fourth-order valence-electron chi connectivity index (χ4n) is 2.64. The Morgan fingerprint density at radius 2 is 1.53 bits per heavy atom. The van der Waals surface area contributed by atoms with Crippen molar-refractivity contribution < 1.29 is 47.8 Å². The number of hydrogen-bond donors (Lipinski definition) is 4. The number of allylic oxidation sites excluding steroid dienone is 6. The van der Waals surface area contributed by atoms with Crippen LogP contribution in [0.5, 0.6) is 0 Å². The second kappa shape index (κ2) is 20.8. The lowest BCUT2D eigenvalue weighted by Gasteiger charge is -2.18. The standard InChI is InChI=1S/C24H40NO10P/c1-3-4-5-6-7-8-9-10-11-12-13-14-15-16-23(28)25-22(24(29)30)19-35-36(31,32)34-18-21(27)17-33-20(2)26/h4-5,7-8,10-11,21-22,27H,3,6,9,12-19H2,1-2H3,(H,25,28)(H,29,30)(H,31,32)/b5-4-,8-7-,11-10-. The van der Waals surface area contributed by atoms with Crippen molar-refractivity contribution in [2.24, 2.45) is 0 Å². The maximum absolute atomic E-state index is 12.0. The zero-order valence-electron chi connectivity index (χ0n) is 21.0. The molecule has 0 aliphatic heterocycles. The highest BCUT2D eigenvalue weighted by atomic mass is 31.2. The van der Waals surface area contributed by atoms with E-state index in [1.54, 1.807) is 0 Å². The summed E-state index contributed by atoms with van der Waals surface area (Å²) in [6.07, 6.45) is 17.4. The summed E-state index contributed by atoms with van der Waals surface area (Å²) in [4.78, 5) is 43.7. The van der Waals surface area contributed by atoms with E-state index in [9.17, 15) is 34.1 Å². The van der Waals surface area contributed by atoms with E-state index in [1.165, 1.54) is 0 Å². The first-order valence-corrected chi connectivity index (χ1v) is 13.5. The van der Waals surface area contributed by atoms with Crippen molar-refractivity contribution >= 4 is 25.7 Å². The molecule has 0 saturated carbocycles. The smallest absolute Gasteiger partial charge is 0.472 e. The molecule has 0 radical (unpaired) electrons. The first-order chi connectivity index (χ1) is 17.1. The molecule has 0 aliphatic rings. The summed E-state index contributed by atoms with van der Waals surface area (Å²) in [5.74, 6) is -2.61. The molecule has 12 heteroatoms. The maximum Gasteiger partial charge on any atom is 0.472 e. The molecule has 206 valence electrons. The maximum atomic E-state index is 12.0. The molecule has 0 rings (SSSR count). The number of aliphatic carboxylic acids is 1. The van der Waals surface area contributed by atoms with E-state index < -0.39 is 57.6 Å². The van der Waals surface area contributed by atoms with Crippen LogP contribution in [0.2, 0.25) is 0 Å². The van der Waals surface area contributed by atoms with E-state index in [0.29, 0.717) is 6.42 Å². The molecule has 0 spiro atoms. The molecule has 3 unspecified atom stereocenters. The number of nitrogens with one attached hydrogen (secondary N) is 1. The number of aliphatic hydroxyl groups is 1. The summed E-state index contributed by atoms with van der Waals surface area (Å²) in [7, 11) is -4.71. The van der Waals surface area contributed by atoms with Crippen LogP contribution in [0.3, 0.4) is 0 Å². The summed E-state index contributed by atoms with van der Waals surface area (Å²) >= 11 is 0. The van der Waals surface area contributed by atoms with Gasteiger partial charge in [0.25, 0.3) is 0 Å². The van der Waals surface area contributed by atoms with Crippen LogP contribution in [-0.4, -0.2) is 64.9 Å². The van der Waals surface area contributed by atoms with Crippen molar-refractivity contribution in [2.45, 2.75) is 77.4 Å². The zero-order chi connectivity index (χ0) is 27.2. The largest absolute Gasteiger partial charge is 0.480 e. The minimum Gasteiger partial charge on any atom is -0.480 e. The van der Waals surface area contributed by atoms with Gasteiger partial charge in [-0.1, -0.05) is 49.8 Å². The van der Waals surface area contributed by atoms with Gasteiger partial charge in [-0.05, 0) is 38.5 Å². The summed E-state index contributed by atoms with van der Waals surface area (Å²) < 4.78 is 25.5. The van der Waals surface area contributed by atoms with Gasteiger partial charge in [0.15, 0.2) is 6.04 Å². The zero-order valence-corrected chi connectivity index (χ0v) is 21.9. The molecule has 3 atom stereocenters. The highest BCUT2D eigenvalue weighted by molar-refractivity contribution is 7.47. The van der Waals surface area contributed by atoms with Gasteiger partial charge in [0.1, 0.15) is 12.7 Å². The second-order valence-corrected chi connectivity index (χ2v) is 9.32. The molecule has 0 aliphatic carbocycles. The predicted molar refractivity (Wildman–Crippen MR) is 134 cm³/mol. The number of unbranched alkanes of at least 4 members (excludes halogenated alkanes) is 3. The molecule has 0 aromatic rings. The molecule has 0 fully saturated rings. The van der Waals surface area contributed by atoms with Gasteiger partial charge in [0.05, 0.1) is 13.2 Å². The first-order valence-electron chi connectivity index (χ1n) is 12.0. The average Bonchev–Trinajstić information content (AvgIpc) is 2.81. The molecule has 0 bridgehead atoms. The monoisotopic (exact) mass is 533 g/mol. The van der Waals surface area contributed by atoms with E-state index in [-0.39, 0.29) is 6.42 Å². The van der Waals surface area contributed by atoms with Crippen molar-refractivity contribution in [3.8, 4) is 0 Å². The van der Waals surface area contributed by atoms with Gasteiger partial charge in [-0.25, -0.2) is 9.36 Å². The van der Waals surface area contributed by atoms with E-state index in [0.717, 1.165) is 45.4 Å². The molecule has 36 heavy (non-hydrogen) atoms. The molecule has 11 nitrogen and oxygen atoms in total. The number of esters is 1. The van der Waals surface area contributed by atoms with Crippen LogP contribution in [0.15, 0.2) is 36.5 Å². The number of amides is 1. The molecule has 1 amide bonds. The Labute approximate surface area is 212 Å². The third-order valence-corrected chi connectivity index (χ3v) is 5.45. The molecule has 0 heterocycles. The van der Waals surface area contributed by atoms with E-state index in [1.807, 2.05) is 0 Å². The Kier molecular flexibility index (Phi) is 19.5. The summed E-state index contributed by atoms with van der Waals surface area (Å²) in [6, 6.07) is -1.55. The number of phosphoric acid groups is 1. The van der Waals surface area contributed by atoms with Gasteiger partial charge in [0.2, 0.25) is 5.91 Å². The van der Waals surface area contributed by atoms with Gasteiger partial charge in [0, 0.05) is 13.3 Å². The van der Waals surface area contributed by atoms with Gasteiger partial charge in [-0.2, -0.15) is 0 Å². The Balaban J connectivity index is 4.13. The number of phosphoric ester groups is 1. The highest BCUT2D eigenvalue weighted by Gasteiger charge is 2.28. The number of hydrogen-bond acceptors (Lipinski definition) is 8. The lowest BCUT2D eigenvalue weighted by molar-refractivity contribution is -0.144. The van der Waals surface area contributed by atoms with Gasteiger partial charge in [-0.3, -0.25) is 18.6 Å². The third kappa shape index (κ3) is 21.0. The Morgan fingerprint density at radius 3 is 2.14 bits per heavy atom. The highest BCUT2D eigenvalue weighted by Crippen LogP contribution is 2.43. The van der Waals surface area contributed by atoms with E-state index in [4.69, 9.17) is 0 Å². The van der Waals surface area contributed by atoms with Gasteiger partial charge >= 0.3 is 19.8 Å². The number of aliphatic hydroxyl groups excluding tert-OH is 1. The number of carboxylic acids is 1. The fraction of sp³-hybridized carbons (Fsp3) is 0.625. The van der Waals surface area contributed by atoms with E-state index >= 15 is 0 Å². The topological polar surface area (TPSA) is 169 Å². The SMILES string of the molecule is CC/C=C\C/C=C\C/C=C\CCCCCC(=O)NC(COP(=O)(O)OCC(O)COC(C)=O)C(=O)O. The molecule has 0 aromatic carbocycles. The number of carboxylic acid groups (broad SMARTS) is 1. The summed E-state index contributed by atoms with van der Waals surface area (Å²) in [6.45, 7) is 1.27. The number of ether oxygens (including phenoxy) is 1. The second-order valence-electron chi connectivity index (χ2n) is 7.87. The molecule has 0 saturated heterocycles. The first kappa shape index (κ1) is 33.7. The Morgan fingerprint density at radius 1 is 0.917 bits per heavy atom. The van der Waals surface area contributed by atoms with Crippen LogP contribution in [0.1, 0.15) is 65.2 Å². The average molecular weight is 534 g/mol.